The van der Waals surface area contributed by atoms with Crippen LogP contribution in [0, 0.1) is 29.0 Å². The van der Waals surface area contributed by atoms with Crippen LogP contribution in [0.3, 0.4) is 0 Å². The summed E-state index contributed by atoms with van der Waals surface area (Å²) in [7, 11) is 0. The first-order chi connectivity index (χ1) is 18.8. The summed E-state index contributed by atoms with van der Waals surface area (Å²) < 4.78 is 14.5. The monoisotopic (exact) mass is 543 g/mol. The highest BCUT2D eigenvalue weighted by molar-refractivity contribution is 7.17. The molecule has 4 heterocycles. The van der Waals surface area contributed by atoms with E-state index >= 15 is 0 Å². The Labute approximate surface area is 227 Å². The number of benzene rings is 2. The van der Waals surface area contributed by atoms with Crippen molar-refractivity contribution in [2.45, 2.75) is 43.7 Å². The van der Waals surface area contributed by atoms with E-state index in [0.29, 0.717) is 28.2 Å². The van der Waals surface area contributed by atoms with Gasteiger partial charge in [-0.3, -0.25) is 14.4 Å². The summed E-state index contributed by atoms with van der Waals surface area (Å²) >= 11 is 1.32. The molecule has 1 aromatic heterocycles. The van der Waals surface area contributed by atoms with Gasteiger partial charge in [-0.15, -0.1) is 11.3 Å². The van der Waals surface area contributed by atoms with Gasteiger partial charge in [-0.2, -0.15) is 5.26 Å². The number of phenolic OH excluding ortho intramolecular Hbond substituents is 1. The lowest BCUT2D eigenvalue weighted by atomic mass is 9.76. The number of thiophene rings is 1. The van der Waals surface area contributed by atoms with Crippen molar-refractivity contribution < 1.29 is 29.2 Å². The number of hydrogen-bond donors (Lipinski definition) is 3. The van der Waals surface area contributed by atoms with Gasteiger partial charge in [0.15, 0.2) is 0 Å². The molecule has 1 spiro atoms. The minimum absolute atomic E-state index is 0.104. The fraction of sp³-hybridized carbons (Fsp3) is 0.310. The van der Waals surface area contributed by atoms with Crippen LogP contribution in [0.25, 0.3) is 0 Å². The minimum atomic E-state index is -1.52. The summed E-state index contributed by atoms with van der Waals surface area (Å²) in [5.41, 5.74) is 1.36. The average Bonchev–Trinajstić information content (AvgIpc) is 3.61. The number of nitriles is 1. The van der Waals surface area contributed by atoms with Crippen molar-refractivity contribution >= 4 is 39.7 Å². The predicted molar refractivity (Wildman–Crippen MR) is 139 cm³/mol. The maximum absolute atomic E-state index is 14.5. The molecule has 4 atom stereocenters. The molecule has 3 aromatic rings. The Balaban J connectivity index is 1.38. The van der Waals surface area contributed by atoms with Gasteiger partial charge in [0, 0.05) is 16.9 Å². The standard InChI is InChI=1S/C29H23FN4O4S/c30-15-7-10-20-19(12-15)29(28(38)32-20)24-23(21(33-29)11-14-5-8-16(35)9-6-14)25(36)34(26(24)37)27-18(13-31)17-3-1-2-4-22(17)39-27/h5-10,12,21,23-24,33,35H,1-4,11H2,(H,32,38)/p+1/t21-,23+,24+,29-/m0/s1. The summed E-state index contributed by atoms with van der Waals surface area (Å²) in [5.74, 6) is -3.79. The SMILES string of the molecule is N#Cc1c(N2C(=O)[C@@H]3[C@H](Cc4ccc(O)cc4)[NH2+][C@]4(C(=O)Nc5ccc(F)cc54)[C@H]3C2=O)sc2c1CCCC2. The Bertz CT molecular complexity index is 1630. The van der Waals surface area contributed by atoms with E-state index in [1.165, 1.54) is 29.5 Å². The number of aromatic hydroxyl groups is 1. The van der Waals surface area contributed by atoms with Crippen molar-refractivity contribution in [1.82, 2.24) is 0 Å². The molecule has 196 valence electrons. The van der Waals surface area contributed by atoms with Crippen LogP contribution in [-0.4, -0.2) is 28.9 Å². The third kappa shape index (κ3) is 3.27. The molecule has 4 aliphatic rings. The molecule has 1 aliphatic carbocycles. The molecular formula is C29H24FN4O4S+. The van der Waals surface area contributed by atoms with Gasteiger partial charge in [-0.25, -0.2) is 9.29 Å². The average molecular weight is 544 g/mol. The first-order valence-corrected chi connectivity index (χ1v) is 13.8. The zero-order chi connectivity index (χ0) is 27.1. The summed E-state index contributed by atoms with van der Waals surface area (Å²) in [6.45, 7) is 0. The summed E-state index contributed by atoms with van der Waals surface area (Å²) in [5, 5.41) is 24.7. The minimum Gasteiger partial charge on any atom is -0.508 e. The Morgan fingerprint density at radius 2 is 1.90 bits per heavy atom. The molecule has 0 unspecified atom stereocenters. The molecule has 8 nitrogen and oxygen atoms in total. The Hall–Kier alpha value is -4.07. The van der Waals surface area contributed by atoms with E-state index in [-0.39, 0.29) is 5.75 Å². The van der Waals surface area contributed by atoms with Gasteiger partial charge >= 0.3 is 0 Å². The number of rotatable bonds is 3. The van der Waals surface area contributed by atoms with Crippen molar-refractivity contribution in [3.63, 3.8) is 0 Å². The second kappa shape index (κ2) is 8.46. The van der Waals surface area contributed by atoms with Gasteiger partial charge in [-0.1, -0.05) is 12.1 Å². The molecule has 4 N–H and O–H groups in total. The molecule has 0 radical (unpaired) electrons. The summed E-state index contributed by atoms with van der Waals surface area (Å²) in [4.78, 5) is 44.4. The number of nitrogens with zero attached hydrogens (tertiary/aromatic N) is 2. The number of amides is 3. The molecule has 2 fully saturated rings. The molecule has 2 saturated heterocycles. The van der Waals surface area contributed by atoms with Crippen molar-refractivity contribution in [2.24, 2.45) is 11.8 Å². The van der Waals surface area contributed by atoms with E-state index in [0.717, 1.165) is 46.6 Å². The van der Waals surface area contributed by atoms with E-state index in [9.17, 15) is 29.1 Å². The zero-order valence-electron chi connectivity index (χ0n) is 20.7. The third-order valence-corrected chi connectivity index (χ3v) is 9.98. The number of imide groups is 1. The van der Waals surface area contributed by atoms with Crippen LogP contribution in [0.15, 0.2) is 42.5 Å². The molecule has 0 saturated carbocycles. The molecule has 0 bridgehead atoms. The number of carbonyl (C=O) groups is 3. The lowest BCUT2D eigenvalue weighted by molar-refractivity contribution is -0.733. The molecule has 2 aromatic carbocycles. The van der Waals surface area contributed by atoms with E-state index in [4.69, 9.17) is 0 Å². The highest BCUT2D eigenvalue weighted by Crippen LogP contribution is 2.52. The third-order valence-electron chi connectivity index (χ3n) is 8.71. The smallest absolute Gasteiger partial charge is 0.291 e. The quantitative estimate of drug-likeness (QED) is 0.438. The van der Waals surface area contributed by atoms with Crippen LogP contribution in [0.2, 0.25) is 0 Å². The van der Waals surface area contributed by atoms with Crippen LogP contribution in [0.5, 0.6) is 5.75 Å². The predicted octanol–water partition coefficient (Wildman–Crippen LogP) is 2.48. The number of nitrogens with two attached hydrogens (primary N) is 1. The van der Waals surface area contributed by atoms with Crippen LogP contribution in [0.1, 0.15) is 40.0 Å². The number of hydrogen-bond acceptors (Lipinski definition) is 6. The van der Waals surface area contributed by atoms with E-state index < -0.39 is 47.0 Å². The molecule has 10 heteroatoms. The topological polar surface area (TPSA) is 127 Å². The van der Waals surface area contributed by atoms with Gasteiger partial charge in [0.2, 0.25) is 17.4 Å². The van der Waals surface area contributed by atoms with Gasteiger partial charge < -0.3 is 15.7 Å². The molecule has 39 heavy (non-hydrogen) atoms. The highest BCUT2D eigenvalue weighted by atomic mass is 32.1. The number of quaternary nitrogens is 1. The molecule has 7 rings (SSSR count). The maximum atomic E-state index is 14.5. The lowest BCUT2D eigenvalue weighted by Crippen LogP contribution is -2.99. The lowest BCUT2D eigenvalue weighted by Gasteiger charge is -2.26. The number of nitrogens with one attached hydrogen (secondary N) is 1. The number of fused-ring (bicyclic) bond motifs is 5. The normalized spacial score (nSPS) is 26.9. The number of carbonyl (C=O) groups excluding carboxylic acids is 3. The largest absolute Gasteiger partial charge is 0.508 e. The van der Waals surface area contributed by atoms with E-state index in [2.05, 4.69) is 11.4 Å². The number of halogens is 1. The van der Waals surface area contributed by atoms with E-state index in [1.54, 1.807) is 29.6 Å². The number of phenols is 1. The van der Waals surface area contributed by atoms with Crippen molar-refractivity contribution in [3.05, 3.63) is 75.4 Å². The number of anilines is 2. The van der Waals surface area contributed by atoms with Crippen LogP contribution < -0.4 is 15.5 Å². The summed E-state index contributed by atoms with van der Waals surface area (Å²) in [6, 6.07) is 12.3. The van der Waals surface area contributed by atoms with Crippen LogP contribution in [-0.2, 0) is 39.2 Å². The van der Waals surface area contributed by atoms with Gasteiger partial charge in [0.25, 0.3) is 5.91 Å². The van der Waals surface area contributed by atoms with Crippen LogP contribution in [0.4, 0.5) is 15.1 Å². The molecular weight excluding hydrogens is 519 g/mol. The Kier molecular flexibility index (Phi) is 5.21. The first kappa shape index (κ1) is 24.0. The first-order valence-electron chi connectivity index (χ1n) is 13.0. The Morgan fingerprint density at radius 1 is 1.13 bits per heavy atom. The van der Waals surface area contributed by atoms with Crippen LogP contribution >= 0.6 is 11.3 Å². The van der Waals surface area contributed by atoms with E-state index in [1.807, 2.05) is 0 Å². The Morgan fingerprint density at radius 3 is 2.67 bits per heavy atom. The fourth-order valence-electron chi connectivity index (χ4n) is 7.05. The zero-order valence-corrected chi connectivity index (χ0v) is 21.6. The second-order valence-electron chi connectivity index (χ2n) is 10.7. The van der Waals surface area contributed by atoms with Crippen molar-refractivity contribution in [1.29, 1.82) is 5.26 Å². The highest BCUT2D eigenvalue weighted by Gasteiger charge is 2.74. The fourth-order valence-corrected chi connectivity index (χ4v) is 8.40. The maximum Gasteiger partial charge on any atom is 0.291 e. The second-order valence-corrected chi connectivity index (χ2v) is 11.8. The summed E-state index contributed by atoms with van der Waals surface area (Å²) in [6.07, 6.45) is 3.81. The number of aryl methyl sites for hydroxylation is 1. The van der Waals surface area contributed by atoms with Gasteiger partial charge in [0.05, 0.1) is 11.3 Å². The van der Waals surface area contributed by atoms with Crippen molar-refractivity contribution in [2.75, 3.05) is 10.2 Å². The van der Waals surface area contributed by atoms with Gasteiger partial charge in [0.1, 0.15) is 40.5 Å². The van der Waals surface area contributed by atoms with Gasteiger partial charge in [-0.05, 0) is 67.1 Å². The van der Waals surface area contributed by atoms with Crippen molar-refractivity contribution in [3.8, 4) is 11.8 Å². The molecule has 3 amide bonds. The molecule has 3 aliphatic heterocycles.